The zero-order chi connectivity index (χ0) is 25.4. The quantitative estimate of drug-likeness (QED) is 0.409. The van der Waals surface area contributed by atoms with Gasteiger partial charge in [0, 0.05) is 54.8 Å². The molecule has 2 aliphatic carbocycles. The van der Waals surface area contributed by atoms with E-state index in [4.69, 9.17) is 19.1 Å². The Morgan fingerprint density at radius 2 is 1.78 bits per heavy atom. The Balaban J connectivity index is 1.39. The summed E-state index contributed by atoms with van der Waals surface area (Å²) in [4.78, 5) is 25.5. The van der Waals surface area contributed by atoms with Gasteiger partial charge in [-0.15, -0.1) is 0 Å². The van der Waals surface area contributed by atoms with Gasteiger partial charge in [0.2, 0.25) is 5.95 Å². The number of nitrogens with one attached hydrogen (secondary N) is 1. The van der Waals surface area contributed by atoms with Crippen molar-refractivity contribution in [2.24, 2.45) is 0 Å². The molecule has 194 valence electrons. The van der Waals surface area contributed by atoms with Crippen LogP contribution in [0.5, 0.6) is 0 Å². The maximum absolute atomic E-state index is 13.1. The topological polar surface area (TPSA) is 85.4 Å². The molecular formula is C29H35N5O3. The van der Waals surface area contributed by atoms with Crippen molar-refractivity contribution in [1.82, 2.24) is 19.4 Å². The van der Waals surface area contributed by atoms with Crippen LogP contribution in [0, 0.1) is 0 Å². The van der Waals surface area contributed by atoms with E-state index in [1.165, 1.54) is 0 Å². The van der Waals surface area contributed by atoms with E-state index in [-0.39, 0.29) is 11.6 Å². The lowest BCUT2D eigenvalue weighted by Crippen LogP contribution is -2.36. The van der Waals surface area contributed by atoms with Crippen molar-refractivity contribution in [1.29, 1.82) is 0 Å². The SMILES string of the molecule is CN(C)C1CCC(Nc2nc(Cc3cc4ccocc-4c3)c3ccc(=O)n(C4CCOCC4)c3n2)CC1. The van der Waals surface area contributed by atoms with Crippen molar-refractivity contribution in [3.63, 3.8) is 0 Å². The van der Waals surface area contributed by atoms with Crippen molar-refractivity contribution in [2.45, 2.75) is 63.1 Å². The van der Waals surface area contributed by atoms with Gasteiger partial charge in [-0.05, 0) is 81.9 Å². The average Bonchev–Trinajstić information content (AvgIpc) is 3.32. The summed E-state index contributed by atoms with van der Waals surface area (Å²) in [6, 6.07) is 10.9. The van der Waals surface area contributed by atoms with E-state index in [2.05, 4.69) is 36.4 Å². The summed E-state index contributed by atoms with van der Waals surface area (Å²) in [6.45, 7) is 1.33. The molecule has 0 unspecified atom stereocenters. The first-order chi connectivity index (χ1) is 18.0. The fraction of sp³-hybridized carbons (Fsp3) is 0.483. The number of hydrogen-bond donors (Lipinski definition) is 1. The lowest BCUT2D eigenvalue weighted by Gasteiger charge is -2.33. The van der Waals surface area contributed by atoms with Crippen LogP contribution < -0.4 is 10.9 Å². The molecule has 2 fully saturated rings. The van der Waals surface area contributed by atoms with Gasteiger partial charge in [0.25, 0.3) is 5.56 Å². The lowest BCUT2D eigenvalue weighted by atomic mass is 9.90. The summed E-state index contributed by atoms with van der Waals surface area (Å²) in [6.07, 6.45) is 10.2. The van der Waals surface area contributed by atoms with Crippen LogP contribution in [0.1, 0.15) is 55.8 Å². The zero-order valence-corrected chi connectivity index (χ0v) is 21.7. The minimum Gasteiger partial charge on any atom is -0.472 e. The fourth-order valence-electron chi connectivity index (χ4n) is 5.99. The van der Waals surface area contributed by atoms with Gasteiger partial charge >= 0.3 is 0 Å². The molecule has 0 spiro atoms. The molecule has 0 atom stereocenters. The molecule has 2 aromatic heterocycles. The highest BCUT2D eigenvalue weighted by molar-refractivity contribution is 5.80. The van der Waals surface area contributed by atoms with E-state index in [0.717, 1.165) is 71.9 Å². The molecule has 0 radical (unpaired) electrons. The average molecular weight is 502 g/mol. The van der Waals surface area contributed by atoms with Gasteiger partial charge in [0.1, 0.15) is 5.65 Å². The second-order valence-electron chi connectivity index (χ2n) is 10.7. The summed E-state index contributed by atoms with van der Waals surface area (Å²) in [5, 5.41) is 4.57. The molecule has 0 amide bonds. The van der Waals surface area contributed by atoms with Crippen LogP contribution in [0.3, 0.4) is 0 Å². The van der Waals surface area contributed by atoms with Crippen LogP contribution >= 0.6 is 0 Å². The van der Waals surface area contributed by atoms with E-state index >= 15 is 0 Å². The number of anilines is 1. The van der Waals surface area contributed by atoms with Gasteiger partial charge in [0.15, 0.2) is 0 Å². The Bertz CT molecular complexity index is 1370. The first kappa shape index (κ1) is 24.1. The fourth-order valence-corrected chi connectivity index (χ4v) is 5.99. The third kappa shape index (κ3) is 5.00. The maximum atomic E-state index is 13.1. The summed E-state index contributed by atoms with van der Waals surface area (Å²) < 4.78 is 12.8. The highest BCUT2D eigenvalue weighted by atomic mass is 16.5. The monoisotopic (exact) mass is 501 g/mol. The predicted molar refractivity (Wildman–Crippen MR) is 144 cm³/mol. The third-order valence-electron chi connectivity index (χ3n) is 8.09. The van der Waals surface area contributed by atoms with Gasteiger partial charge in [-0.2, -0.15) is 4.98 Å². The largest absolute Gasteiger partial charge is 0.472 e. The Kier molecular flexibility index (Phi) is 6.69. The van der Waals surface area contributed by atoms with E-state index < -0.39 is 0 Å². The predicted octanol–water partition coefficient (Wildman–Crippen LogP) is 4.72. The molecule has 0 bridgehead atoms. The first-order valence-electron chi connectivity index (χ1n) is 13.4. The Hall–Kier alpha value is -3.23. The molecule has 0 aromatic carbocycles. The summed E-state index contributed by atoms with van der Waals surface area (Å²) in [7, 11) is 4.32. The number of aromatic nitrogens is 3. The van der Waals surface area contributed by atoms with Crippen molar-refractivity contribution < 1.29 is 9.15 Å². The Morgan fingerprint density at radius 3 is 2.54 bits per heavy atom. The van der Waals surface area contributed by atoms with Crippen molar-refractivity contribution in [2.75, 3.05) is 32.6 Å². The third-order valence-corrected chi connectivity index (χ3v) is 8.09. The van der Waals surface area contributed by atoms with E-state index in [0.29, 0.717) is 37.7 Å². The molecule has 4 aliphatic rings. The normalized spacial score (nSPS) is 21.2. The first-order valence-corrected chi connectivity index (χ1v) is 13.4. The van der Waals surface area contributed by atoms with Crippen LogP contribution in [-0.4, -0.2) is 58.8 Å². The Morgan fingerprint density at radius 1 is 1.00 bits per heavy atom. The maximum Gasteiger partial charge on any atom is 0.252 e. The van der Waals surface area contributed by atoms with E-state index in [1.54, 1.807) is 18.6 Å². The molecule has 8 nitrogen and oxygen atoms in total. The molecule has 37 heavy (non-hydrogen) atoms. The summed E-state index contributed by atoms with van der Waals surface area (Å²) >= 11 is 0. The van der Waals surface area contributed by atoms with Crippen LogP contribution in [-0.2, 0) is 11.2 Å². The summed E-state index contributed by atoms with van der Waals surface area (Å²) in [5.74, 6) is 0.619. The molecular weight excluding hydrogens is 466 g/mol. The molecule has 2 aliphatic heterocycles. The number of pyridine rings is 1. The zero-order valence-electron chi connectivity index (χ0n) is 21.7. The van der Waals surface area contributed by atoms with Crippen molar-refractivity contribution in [3.8, 4) is 11.1 Å². The number of ether oxygens (including phenoxy) is 1. The highest BCUT2D eigenvalue weighted by Gasteiger charge is 2.25. The second-order valence-corrected chi connectivity index (χ2v) is 10.7. The Labute approximate surface area is 217 Å². The van der Waals surface area contributed by atoms with Crippen LogP contribution in [0.25, 0.3) is 22.2 Å². The number of rotatable bonds is 6. The van der Waals surface area contributed by atoms with Gasteiger partial charge in [-0.25, -0.2) is 4.98 Å². The molecule has 2 aromatic rings. The smallest absolute Gasteiger partial charge is 0.252 e. The molecule has 1 N–H and O–H groups in total. The van der Waals surface area contributed by atoms with E-state index in [1.807, 2.05) is 16.7 Å². The van der Waals surface area contributed by atoms with E-state index in [9.17, 15) is 4.79 Å². The van der Waals surface area contributed by atoms with Gasteiger partial charge in [-0.3, -0.25) is 9.36 Å². The molecule has 4 heterocycles. The van der Waals surface area contributed by atoms with Crippen LogP contribution in [0.2, 0.25) is 0 Å². The summed E-state index contributed by atoms with van der Waals surface area (Å²) in [5.41, 5.74) is 5.03. The van der Waals surface area contributed by atoms with Crippen LogP contribution in [0.4, 0.5) is 5.95 Å². The molecule has 1 saturated heterocycles. The van der Waals surface area contributed by atoms with Gasteiger partial charge < -0.3 is 19.4 Å². The standard InChI is InChI=1S/C29H35N5O3/c1-33(2)23-5-3-22(4-6-23)30-29-31-26(17-19-15-20-9-12-37-18-21(20)16-19)25-7-8-27(35)34(28(25)32-29)24-10-13-36-14-11-24/h7-9,12,15-16,18,22-24H,3-6,10-11,13-14,17H2,1-2H3,(H,30,31,32). The number of nitrogens with zero attached hydrogens (tertiary/aromatic N) is 4. The van der Waals surface area contributed by atoms with Crippen LogP contribution in [0.15, 0.2) is 52.1 Å². The number of fused-ring (bicyclic) bond motifs is 2. The minimum absolute atomic E-state index is 0.0119. The minimum atomic E-state index is -0.0119. The molecule has 1 saturated carbocycles. The van der Waals surface area contributed by atoms with Crippen molar-refractivity contribution in [3.05, 3.63) is 64.5 Å². The number of hydrogen-bond acceptors (Lipinski definition) is 7. The second kappa shape index (κ2) is 10.3. The van der Waals surface area contributed by atoms with Gasteiger partial charge in [-0.1, -0.05) is 6.07 Å². The van der Waals surface area contributed by atoms with Gasteiger partial charge in [0.05, 0.1) is 18.2 Å². The molecule has 8 heteroatoms. The molecule has 6 rings (SSSR count). The highest BCUT2D eigenvalue weighted by Crippen LogP contribution is 2.31. The van der Waals surface area contributed by atoms with Crippen molar-refractivity contribution >= 4 is 17.0 Å². The lowest BCUT2D eigenvalue weighted by molar-refractivity contribution is 0.0697.